The van der Waals surface area contributed by atoms with Crippen LogP contribution in [0.1, 0.15) is 21.9 Å². The average Bonchev–Trinajstić information content (AvgIpc) is 3.28. The van der Waals surface area contributed by atoms with Gasteiger partial charge in [0.1, 0.15) is 11.5 Å². The molecule has 0 aliphatic heterocycles. The van der Waals surface area contributed by atoms with Gasteiger partial charge in [-0.15, -0.1) is 5.10 Å². The Kier molecular flexibility index (Phi) is 4.40. The first-order chi connectivity index (χ1) is 13.5. The Hall–Kier alpha value is -3.88. The molecule has 28 heavy (non-hydrogen) atoms. The third kappa shape index (κ3) is 3.13. The van der Waals surface area contributed by atoms with Crippen LogP contribution in [0.25, 0.3) is 11.4 Å². The Bertz CT molecular complexity index is 1160. The summed E-state index contributed by atoms with van der Waals surface area (Å²) in [6.45, 7) is 3.50. The maximum Gasteiger partial charge on any atom is 0.259 e. The van der Waals surface area contributed by atoms with Crippen LogP contribution in [0.5, 0.6) is 0 Å². The normalized spacial score (nSPS) is 10.8. The first kappa shape index (κ1) is 17.5. The molecule has 0 unspecified atom stereocenters. The highest BCUT2D eigenvalue weighted by molar-refractivity contribution is 6.05. The van der Waals surface area contributed by atoms with Gasteiger partial charge in [-0.25, -0.2) is 9.07 Å². The van der Waals surface area contributed by atoms with Gasteiger partial charge in [0.15, 0.2) is 5.82 Å². The van der Waals surface area contributed by atoms with Gasteiger partial charge >= 0.3 is 0 Å². The number of para-hydroxylation sites is 1. The van der Waals surface area contributed by atoms with Gasteiger partial charge in [0, 0.05) is 5.69 Å². The zero-order valence-electron chi connectivity index (χ0n) is 15.2. The van der Waals surface area contributed by atoms with Crippen molar-refractivity contribution in [2.24, 2.45) is 0 Å². The number of hydrogen-bond donors (Lipinski definition) is 1. The first-order valence-electron chi connectivity index (χ1n) is 8.51. The van der Waals surface area contributed by atoms with E-state index in [-0.39, 0.29) is 11.6 Å². The third-order valence-electron chi connectivity index (χ3n) is 4.31. The standard InChI is InChI=1S/C19H16FN7O/c1-12-16(11-21-26(12)18-9-4-3-8-17(18)20)19(28)22-14-6-5-7-15(10-14)27-13(2)23-24-25-27/h3-11H,1-2H3,(H,22,28). The lowest BCUT2D eigenvalue weighted by molar-refractivity contribution is 0.102. The van der Waals surface area contributed by atoms with Gasteiger partial charge in [-0.05, 0) is 54.6 Å². The minimum atomic E-state index is -0.412. The Morgan fingerprint density at radius 1 is 1.07 bits per heavy atom. The number of tetrazole rings is 1. The van der Waals surface area contributed by atoms with Crippen molar-refractivity contribution in [1.29, 1.82) is 0 Å². The van der Waals surface area contributed by atoms with Gasteiger partial charge in [-0.1, -0.05) is 18.2 Å². The number of anilines is 1. The van der Waals surface area contributed by atoms with Gasteiger partial charge < -0.3 is 5.32 Å². The molecule has 0 atom stereocenters. The predicted octanol–water partition coefficient (Wildman–Crippen LogP) is 2.86. The Morgan fingerprint density at radius 3 is 2.64 bits per heavy atom. The van der Waals surface area contributed by atoms with Crippen LogP contribution in [0, 0.1) is 19.7 Å². The van der Waals surface area contributed by atoms with Crippen molar-refractivity contribution in [3.63, 3.8) is 0 Å². The minimum Gasteiger partial charge on any atom is -0.322 e. The number of benzene rings is 2. The molecule has 4 rings (SSSR count). The molecule has 0 aliphatic rings. The molecule has 2 aromatic heterocycles. The highest BCUT2D eigenvalue weighted by atomic mass is 19.1. The number of nitrogens with zero attached hydrogens (tertiary/aromatic N) is 6. The topological polar surface area (TPSA) is 90.5 Å². The lowest BCUT2D eigenvalue weighted by Crippen LogP contribution is -2.13. The maximum atomic E-state index is 14.0. The summed E-state index contributed by atoms with van der Waals surface area (Å²) < 4.78 is 17.0. The van der Waals surface area contributed by atoms with E-state index in [0.29, 0.717) is 22.8 Å². The van der Waals surface area contributed by atoms with E-state index in [4.69, 9.17) is 0 Å². The molecule has 0 fully saturated rings. The predicted molar refractivity (Wildman–Crippen MR) is 100 cm³/mol. The number of hydrogen-bond acceptors (Lipinski definition) is 5. The smallest absolute Gasteiger partial charge is 0.259 e. The van der Waals surface area contributed by atoms with Gasteiger partial charge in [0.25, 0.3) is 5.91 Å². The number of carbonyl (C=O) groups is 1. The number of rotatable bonds is 4. The number of aryl methyl sites for hydroxylation is 1. The molecule has 1 amide bonds. The Labute approximate surface area is 159 Å². The molecule has 4 aromatic rings. The summed E-state index contributed by atoms with van der Waals surface area (Å²) in [7, 11) is 0. The van der Waals surface area contributed by atoms with Crippen LogP contribution in [0.4, 0.5) is 10.1 Å². The molecule has 0 saturated heterocycles. The fourth-order valence-electron chi connectivity index (χ4n) is 2.88. The average molecular weight is 377 g/mol. The number of carbonyl (C=O) groups excluding carboxylic acids is 1. The zero-order valence-corrected chi connectivity index (χ0v) is 15.2. The highest BCUT2D eigenvalue weighted by Gasteiger charge is 2.17. The molecule has 2 aromatic carbocycles. The lowest BCUT2D eigenvalue weighted by atomic mass is 10.2. The SMILES string of the molecule is Cc1nnnn1-c1cccc(NC(=O)c2cnn(-c3ccccc3F)c2C)c1. The molecule has 140 valence electrons. The second-order valence-corrected chi connectivity index (χ2v) is 6.15. The fraction of sp³-hybridized carbons (Fsp3) is 0.105. The van der Waals surface area contributed by atoms with Gasteiger partial charge in [0.05, 0.1) is 23.1 Å². The summed E-state index contributed by atoms with van der Waals surface area (Å²) in [5.74, 6) is -0.124. The Morgan fingerprint density at radius 2 is 1.89 bits per heavy atom. The zero-order chi connectivity index (χ0) is 19.7. The second-order valence-electron chi connectivity index (χ2n) is 6.15. The van der Waals surface area contributed by atoms with Crippen LogP contribution in [-0.2, 0) is 0 Å². The van der Waals surface area contributed by atoms with Crippen LogP contribution < -0.4 is 5.32 Å². The lowest BCUT2D eigenvalue weighted by Gasteiger charge is -2.09. The van der Waals surface area contributed by atoms with Gasteiger partial charge in [-0.2, -0.15) is 9.78 Å². The number of amides is 1. The molecule has 1 N–H and O–H groups in total. The van der Waals surface area contributed by atoms with Crippen LogP contribution in [0.2, 0.25) is 0 Å². The monoisotopic (exact) mass is 377 g/mol. The fourth-order valence-corrected chi connectivity index (χ4v) is 2.88. The van der Waals surface area contributed by atoms with Gasteiger partial charge in [0.2, 0.25) is 0 Å². The number of nitrogens with one attached hydrogen (secondary N) is 1. The van der Waals surface area contributed by atoms with Gasteiger partial charge in [-0.3, -0.25) is 4.79 Å². The highest BCUT2D eigenvalue weighted by Crippen LogP contribution is 2.19. The molecule has 2 heterocycles. The minimum absolute atomic E-state index is 0.287. The van der Waals surface area contributed by atoms with Crippen molar-refractivity contribution in [2.45, 2.75) is 13.8 Å². The molecule has 0 spiro atoms. The molecule has 0 bridgehead atoms. The summed E-state index contributed by atoms with van der Waals surface area (Å²) in [6.07, 6.45) is 1.42. The van der Waals surface area contributed by atoms with Crippen LogP contribution in [0.15, 0.2) is 54.7 Å². The van der Waals surface area contributed by atoms with E-state index in [0.717, 1.165) is 5.69 Å². The van der Waals surface area contributed by atoms with Crippen LogP contribution in [-0.4, -0.2) is 35.9 Å². The van der Waals surface area contributed by atoms with E-state index in [1.165, 1.54) is 16.9 Å². The first-order valence-corrected chi connectivity index (χ1v) is 8.51. The van der Waals surface area contributed by atoms with E-state index in [1.807, 2.05) is 6.07 Å². The van der Waals surface area contributed by atoms with E-state index in [9.17, 15) is 9.18 Å². The molecular formula is C19H16FN7O. The third-order valence-corrected chi connectivity index (χ3v) is 4.31. The number of halogens is 1. The number of aromatic nitrogens is 6. The summed E-state index contributed by atoms with van der Waals surface area (Å²) in [6, 6.07) is 13.4. The van der Waals surface area contributed by atoms with E-state index in [1.54, 1.807) is 54.9 Å². The maximum absolute atomic E-state index is 14.0. The summed E-state index contributed by atoms with van der Waals surface area (Å²) in [4.78, 5) is 12.7. The molecule has 0 saturated carbocycles. The molecule has 0 aliphatic carbocycles. The largest absolute Gasteiger partial charge is 0.322 e. The van der Waals surface area contributed by atoms with Crippen molar-refractivity contribution < 1.29 is 9.18 Å². The Balaban J connectivity index is 1.60. The van der Waals surface area contributed by atoms with E-state index in [2.05, 4.69) is 25.9 Å². The van der Waals surface area contributed by atoms with Crippen molar-refractivity contribution in [1.82, 2.24) is 30.0 Å². The quantitative estimate of drug-likeness (QED) is 0.591. The molecular weight excluding hydrogens is 361 g/mol. The van der Waals surface area contributed by atoms with E-state index < -0.39 is 5.82 Å². The summed E-state index contributed by atoms with van der Waals surface area (Å²) in [5, 5.41) is 18.4. The van der Waals surface area contributed by atoms with E-state index >= 15 is 0 Å². The van der Waals surface area contributed by atoms with Crippen LogP contribution >= 0.6 is 0 Å². The van der Waals surface area contributed by atoms with Crippen molar-refractivity contribution in [3.05, 3.63) is 77.6 Å². The molecule has 9 heteroatoms. The summed E-state index contributed by atoms with van der Waals surface area (Å²) >= 11 is 0. The molecule has 8 nitrogen and oxygen atoms in total. The van der Waals surface area contributed by atoms with Crippen molar-refractivity contribution in [2.75, 3.05) is 5.32 Å². The van der Waals surface area contributed by atoms with Crippen molar-refractivity contribution in [3.8, 4) is 11.4 Å². The summed E-state index contributed by atoms with van der Waals surface area (Å²) in [5.41, 5.74) is 2.48. The van der Waals surface area contributed by atoms with Crippen molar-refractivity contribution >= 4 is 11.6 Å². The van der Waals surface area contributed by atoms with Crippen LogP contribution in [0.3, 0.4) is 0 Å². The second kappa shape index (κ2) is 7.03. The molecule has 0 radical (unpaired) electrons.